The zero-order valence-corrected chi connectivity index (χ0v) is 24.8. The molecule has 46 heavy (non-hydrogen) atoms. The van der Waals surface area contributed by atoms with Crippen molar-refractivity contribution >= 4 is 40.7 Å². The van der Waals surface area contributed by atoms with E-state index in [9.17, 15) is 31.9 Å². The van der Waals surface area contributed by atoms with Crippen molar-refractivity contribution in [2.45, 2.75) is 18.8 Å². The van der Waals surface area contributed by atoms with Gasteiger partial charge in [0.2, 0.25) is 18.8 Å². The minimum absolute atomic E-state index is 0.00825. The van der Waals surface area contributed by atoms with Crippen LogP contribution in [0.3, 0.4) is 0 Å². The van der Waals surface area contributed by atoms with Crippen molar-refractivity contribution in [1.29, 1.82) is 0 Å². The molecule has 2 saturated heterocycles. The number of carboxylic acids is 1. The standard InChI is InChI=1S/C33H22F7N2O3P/c1-17-28(34)26(27(31(43)44)30(36)29(17)35)25-21-9-7-18(41-13-32(37,38)14-41)11-23(21)46(45,20-5-3-2-4-6-20)24-12-19(8-10-22(24)25)42-15-33(39,40)16-42/h2-12H,13-16H2,1H3. The van der Waals surface area contributed by atoms with Gasteiger partial charge in [0, 0.05) is 56.0 Å². The monoisotopic (exact) mass is 658 g/mol. The van der Waals surface area contributed by atoms with Gasteiger partial charge in [0.25, 0.3) is 5.92 Å². The Kier molecular flexibility index (Phi) is 6.59. The van der Waals surface area contributed by atoms with Crippen LogP contribution in [0, 0.1) is 24.4 Å². The Morgan fingerprint density at radius 2 is 1.59 bits per heavy atom. The average Bonchev–Trinajstić information content (AvgIpc) is 3.00. The van der Waals surface area contributed by atoms with Crippen LogP contribution >= 0.6 is 7.14 Å². The Morgan fingerprint density at radius 1 is 0.913 bits per heavy atom. The molecule has 0 amide bonds. The third-order valence-electron chi connectivity index (χ3n) is 8.71. The lowest BCUT2D eigenvalue weighted by atomic mass is 9.85. The van der Waals surface area contributed by atoms with E-state index in [0.29, 0.717) is 0 Å². The molecule has 3 aromatic carbocycles. The number of carbonyl (C=O) groups excluding carboxylic acids is 1. The SMILES string of the molecule is Cc1c(F)c(F)c(C(=O)[O-])c(C2=C3C=CC(=[N+]4CC(F)(F)C4)C=C3P(=O)(c3ccccc3)c3cc(N4CC(F)(F)C4)ccc32)c1F. The lowest BCUT2D eigenvalue weighted by molar-refractivity contribution is -0.638. The molecule has 0 bridgehead atoms. The van der Waals surface area contributed by atoms with Crippen LogP contribution in [0.15, 0.2) is 77.6 Å². The highest BCUT2D eigenvalue weighted by molar-refractivity contribution is 7.83. The summed E-state index contributed by atoms with van der Waals surface area (Å²) in [6.45, 7) is -1.60. The van der Waals surface area contributed by atoms with Crippen LogP contribution in [-0.4, -0.2) is 54.3 Å². The fraction of sp³-hybridized carbons (Fsp3) is 0.212. The molecule has 0 spiro atoms. The number of fused-ring (bicyclic) bond motifs is 2. The van der Waals surface area contributed by atoms with Crippen molar-refractivity contribution in [3.05, 3.63) is 117 Å². The number of nitrogens with zero attached hydrogens (tertiary/aromatic N) is 2. The zero-order chi connectivity index (χ0) is 32.9. The van der Waals surface area contributed by atoms with Crippen LogP contribution < -0.4 is 20.6 Å². The number of carbonyl (C=O) groups is 1. The minimum atomic E-state index is -4.06. The molecule has 7 rings (SSSR count). The number of anilines is 1. The van der Waals surface area contributed by atoms with Crippen LogP contribution in [0.1, 0.15) is 27.0 Å². The van der Waals surface area contributed by atoms with Crippen LogP contribution in [0.5, 0.6) is 0 Å². The van der Waals surface area contributed by atoms with E-state index in [4.69, 9.17) is 0 Å². The zero-order valence-electron chi connectivity index (χ0n) is 23.9. The largest absolute Gasteiger partial charge is 0.545 e. The van der Waals surface area contributed by atoms with Gasteiger partial charge < -0.3 is 19.4 Å². The lowest BCUT2D eigenvalue weighted by Gasteiger charge is -2.41. The van der Waals surface area contributed by atoms with Crippen molar-refractivity contribution < 1.29 is 49.8 Å². The van der Waals surface area contributed by atoms with Crippen molar-refractivity contribution in [3.8, 4) is 0 Å². The molecule has 236 valence electrons. The van der Waals surface area contributed by atoms with E-state index in [1.54, 1.807) is 30.3 Å². The number of alkyl halides is 4. The van der Waals surface area contributed by atoms with Gasteiger partial charge in [-0.3, -0.25) is 0 Å². The molecule has 1 aliphatic carbocycles. The Hall–Kier alpha value is -4.44. The van der Waals surface area contributed by atoms with E-state index in [1.165, 1.54) is 45.9 Å². The number of aromatic carboxylic acids is 1. The van der Waals surface area contributed by atoms with Gasteiger partial charge in [-0.05, 0) is 36.3 Å². The van der Waals surface area contributed by atoms with Gasteiger partial charge in [0.05, 0.1) is 19.1 Å². The van der Waals surface area contributed by atoms with Crippen LogP contribution in [0.2, 0.25) is 0 Å². The Labute approximate surface area is 257 Å². The smallest absolute Gasteiger partial charge is 0.361 e. The predicted molar refractivity (Wildman–Crippen MR) is 155 cm³/mol. The second kappa shape index (κ2) is 10.0. The molecule has 2 fully saturated rings. The van der Waals surface area contributed by atoms with Crippen molar-refractivity contribution in [2.75, 3.05) is 31.1 Å². The molecule has 13 heteroatoms. The fourth-order valence-electron chi connectivity index (χ4n) is 6.43. The first-order valence-corrected chi connectivity index (χ1v) is 15.8. The van der Waals surface area contributed by atoms with Crippen LogP contribution in [-0.2, 0) is 4.57 Å². The minimum Gasteiger partial charge on any atom is -0.545 e. The third kappa shape index (κ3) is 4.40. The predicted octanol–water partition coefficient (Wildman–Crippen LogP) is 4.92. The molecule has 1 unspecified atom stereocenters. The third-order valence-corrected chi connectivity index (χ3v) is 11.8. The molecule has 4 aliphatic rings. The highest BCUT2D eigenvalue weighted by Gasteiger charge is 2.52. The highest BCUT2D eigenvalue weighted by Crippen LogP contribution is 2.62. The molecular weight excluding hydrogens is 636 g/mol. The first kappa shape index (κ1) is 30.2. The lowest BCUT2D eigenvalue weighted by Crippen LogP contribution is -2.56. The number of allylic oxidation sites excluding steroid dienone is 5. The molecule has 3 aliphatic heterocycles. The number of hydrogen-bond acceptors (Lipinski definition) is 4. The van der Waals surface area contributed by atoms with E-state index in [1.807, 2.05) is 0 Å². The van der Waals surface area contributed by atoms with Gasteiger partial charge in [-0.25, -0.2) is 26.5 Å². The van der Waals surface area contributed by atoms with Gasteiger partial charge >= 0.3 is 5.92 Å². The van der Waals surface area contributed by atoms with E-state index in [2.05, 4.69) is 0 Å². The van der Waals surface area contributed by atoms with E-state index >= 15 is 13.3 Å². The molecule has 3 heterocycles. The topological polar surface area (TPSA) is 63.4 Å². The normalized spacial score (nSPS) is 22.5. The van der Waals surface area contributed by atoms with Crippen molar-refractivity contribution in [2.24, 2.45) is 0 Å². The van der Waals surface area contributed by atoms with Crippen LogP contribution in [0.25, 0.3) is 5.57 Å². The van der Waals surface area contributed by atoms with Gasteiger partial charge in [-0.1, -0.05) is 36.4 Å². The second-order valence-corrected chi connectivity index (χ2v) is 14.4. The fourth-order valence-corrected chi connectivity index (χ4v) is 9.52. The molecular formula is C33H22F7N2O3P. The molecule has 5 nitrogen and oxygen atoms in total. The summed E-state index contributed by atoms with van der Waals surface area (Å²) >= 11 is 0. The molecule has 0 saturated carbocycles. The van der Waals surface area contributed by atoms with E-state index in [0.717, 1.165) is 6.92 Å². The summed E-state index contributed by atoms with van der Waals surface area (Å²) in [5, 5.41) is 12.5. The van der Waals surface area contributed by atoms with Gasteiger partial charge in [-0.15, -0.1) is 0 Å². The maximum absolute atomic E-state index is 16.1. The maximum Gasteiger partial charge on any atom is 0.361 e. The first-order chi connectivity index (χ1) is 21.6. The summed E-state index contributed by atoms with van der Waals surface area (Å²) in [6.07, 6.45) is 4.15. The van der Waals surface area contributed by atoms with E-state index < -0.39 is 85.3 Å². The van der Waals surface area contributed by atoms with Crippen molar-refractivity contribution in [3.63, 3.8) is 0 Å². The van der Waals surface area contributed by atoms with Gasteiger partial charge in [-0.2, -0.15) is 8.78 Å². The average molecular weight is 659 g/mol. The Morgan fingerprint density at radius 3 is 2.20 bits per heavy atom. The van der Waals surface area contributed by atoms with Gasteiger partial charge in [0.15, 0.2) is 18.8 Å². The summed E-state index contributed by atoms with van der Waals surface area (Å²) in [7, 11) is -4.06. The number of benzene rings is 3. The molecule has 0 N–H and O–H groups in total. The molecule has 0 radical (unpaired) electrons. The molecule has 0 aromatic heterocycles. The van der Waals surface area contributed by atoms with Gasteiger partial charge in [0.1, 0.15) is 5.82 Å². The Bertz CT molecular complexity index is 2050. The number of hydrogen-bond donors (Lipinski definition) is 0. The first-order valence-electron chi connectivity index (χ1n) is 14.1. The Balaban J connectivity index is 1.60. The summed E-state index contributed by atoms with van der Waals surface area (Å²) in [5.41, 5.74) is -2.87. The maximum atomic E-state index is 16.1. The van der Waals surface area contributed by atoms with E-state index in [-0.39, 0.29) is 44.0 Å². The second-order valence-electron chi connectivity index (χ2n) is 11.8. The summed E-state index contributed by atoms with van der Waals surface area (Å²) in [6, 6.07) is 12.2. The number of halogens is 7. The quantitative estimate of drug-likeness (QED) is 0.173. The number of rotatable bonds is 4. The summed E-state index contributed by atoms with van der Waals surface area (Å²) in [4.78, 5) is 13.6. The summed E-state index contributed by atoms with van der Waals surface area (Å²) < 4.78 is 119. The van der Waals surface area contributed by atoms with Crippen LogP contribution in [0.4, 0.5) is 36.4 Å². The molecule has 3 aromatic rings. The van der Waals surface area contributed by atoms with Crippen molar-refractivity contribution in [1.82, 2.24) is 0 Å². The highest BCUT2D eigenvalue weighted by atomic mass is 31.2. The molecule has 1 atom stereocenters. The summed E-state index contributed by atoms with van der Waals surface area (Å²) in [5.74, 6) is -13.1. The number of carboxylic acid groups (broad SMARTS) is 1.